The monoisotopic (exact) mass is 360 g/mol. The number of nitrogens with zero attached hydrogens (tertiary/aromatic N) is 2. The molecule has 1 atom stereocenters. The third-order valence-corrected chi connectivity index (χ3v) is 5.09. The molecule has 5 nitrogen and oxygen atoms in total. The van der Waals surface area contributed by atoms with Crippen molar-refractivity contribution in [2.75, 3.05) is 19.7 Å². The first-order valence-corrected chi connectivity index (χ1v) is 9.58. The average molecular weight is 360 g/mol. The zero-order valence-electron chi connectivity index (χ0n) is 14.7. The molecule has 1 aromatic heterocycles. The first-order valence-electron chi connectivity index (χ1n) is 8.70. The minimum absolute atomic E-state index is 0.0414. The average Bonchev–Trinajstić information content (AvgIpc) is 3.29. The van der Waals surface area contributed by atoms with Gasteiger partial charge in [0.05, 0.1) is 16.8 Å². The lowest BCUT2D eigenvalue weighted by atomic mass is 10.1. The van der Waals surface area contributed by atoms with E-state index in [4.69, 9.17) is 9.47 Å². The molecule has 6 heteroatoms. The van der Waals surface area contributed by atoms with Gasteiger partial charge < -0.3 is 14.4 Å². The van der Waals surface area contributed by atoms with Crippen molar-refractivity contribution in [3.63, 3.8) is 0 Å². The molecule has 0 spiro atoms. The van der Waals surface area contributed by atoms with Crippen LogP contribution in [0.25, 0.3) is 0 Å². The standard InChI is InChI=1S/C19H24N2O3S/c1-3-21(11-18-5-4-10-23-18)19(22)15-6-8-17(9-7-15)24-12-16-13-25-14(2)20-16/h6-9,13,18H,3-5,10-12H2,1-2H3. The summed E-state index contributed by atoms with van der Waals surface area (Å²) in [7, 11) is 0. The first kappa shape index (κ1) is 17.9. The van der Waals surface area contributed by atoms with E-state index in [1.54, 1.807) is 11.3 Å². The number of hydrogen-bond donors (Lipinski definition) is 0. The van der Waals surface area contributed by atoms with Gasteiger partial charge in [-0.05, 0) is 51.0 Å². The van der Waals surface area contributed by atoms with Gasteiger partial charge in [-0.3, -0.25) is 4.79 Å². The molecule has 1 aliphatic heterocycles. The Morgan fingerprint density at radius 3 is 2.80 bits per heavy atom. The number of carbonyl (C=O) groups excluding carboxylic acids is 1. The SMILES string of the molecule is CCN(CC1CCCO1)C(=O)c1ccc(OCc2csc(C)n2)cc1. The maximum Gasteiger partial charge on any atom is 0.253 e. The smallest absolute Gasteiger partial charge is 0.253 e. The van der Waals surface area contributed by atoms with E-state index < -0.39 is 0 Å². The van der Waals surface area contributed by atoms with Crippen LogP contribution in [0.5, 0.6) is 5.75 Å². The highest BCUT2D eigenvalue weighted by molar-refractivity contribution is 7.09. The highest BCUT2D eigenvalue weighted by Gasteiger charge is 2.22. The number of hydrogen-bond acceptors (Lipinski definition) is 5. The van der Waals surface area contributed by atoms with Crippen LogP contribution in [0.4, 0.5) is 0 Å². The van der Waals surface area contributed by atoms with Gasteiger partial charge in [-0.1, -0.05) is 0 Å². The second kappa shape index (κ2) is 8.45. The van der Waals surface area contributed by atoms with Crippen molar-refractivity contribution >= 4 is 17.2 Å². The summed E-state index contributed by atoms with van der Waals surface area (Å²) in [4.78, 5) is 18.9. The topological polar surface area (TPSA) is 51.7 Å². The third kappa shape index (κ3) is 4.80. The van der Waals surface area contributed by atoms with Gasteiger partial charge in [0.1, 0.15) is 12.4 Å². The molecule has 2 heterocycles. The van der Waals surface area contributed by atoms with Crippen LogP contribution < -0.4 is 4.74 Å². The molecule has 1 amide bonds. The molecule has 2 aromatic rings. The number of likely N-dealkylation sites (N-methyl/N-ethyl adjacent to an activating group) is 1. The van der Waals surface area contributed by atoms with Crippen molar-refractivity contribution in [2.24, 2.45) is 0 Å². The molecule has 1 unspecified atom stereocenters. The molecule has 0 radical (unpaired) electrons. The Labute approximate surface area is 152 Å². The zero-order valence-corrected chi connectivity index (χ0v) is 15.6. The summed E-state index contributed by atoms with van der Waals surface area (Å²) in [6.45, 7) is 6.57. The number of rotatable bonds is 7. The fourth-order valence-electron chi connectivity index (χ4n) is 2.90. The molecular formula is C19H24N2O3S. The third-order valence-electron chi connectivity index (χ3n) is 4.27. The second-order valence-electron chi connectivity index (χ2n) is 6.15. The molecule has 1 fully saturated rings. The maximum atomic E-state index is 12.7. The van der Waals surface area contributed by atoms with Crippen molar-refractivity contribution in [3.8, 4) is 5.75 Å². The number of amides is 1. The molecule has 0 bridgehead atoms. The zero-order chi connectivity index (χ0) is 17.6. The van der Waals surface area contributed by atoms with Gasteiger partial charge >= 0.3 is 0 Å². The number of benzene rings is 1. The Balaban J connectivity index is 1.57. The van der Waals surface area contributed by atoms with Crippen LogP contribution >= 0.6 is 11.3 Å². The molecule has 1 saturated heterocycles. The molecule has 25 heavy (non-hydrogen) atoms. The number of carbonyl (C=O) groups is 1. The summed E-state index contributed by atoms with van der Waals surface area (Å²) in [6, 6.07) is 7.32. The van der Waals surface area contributed by atoms with Crippen LogP contribution in [0.3, 0.4) is 0 Å². The molecule has 1 aliphatic rings. The highest BCUT2D eigenvalue weighted by atomic mass is 32.1. The van der Waals surface area contributed by atoms with Crippen LogP contribution in [0.1, 0.15) is 40.8 Å². The molecule has 0 aliphatic carbocycles. The number of ether oxygens (including phenoxy) is 2. The lowest BCUT2D eigenvalue weighted by Crippen LogP contribution is -2.37. The van der Waals surface area contributed by atoms with Crippen molar-refractivity contribution in [3.05, 3.63) is 45.9 Å². The number of aryl methyl sites for hydroxylation is 1. The van der Waals surface area contributed by atoms with Gasteiger partial charge in [0, 0.05) is 30.6 Å². The second-order valence-corrected chi connectivity index (χ2v) is 7.21. The van der Waals surface area contributed by atoms with Crippen LogP contribution in [0, 0.1) is 6.92 Å². The first-order chi connectivity index (χ1) is 12.2. The summed E-state index contributed by atoms with van der Waals surface area (Å²) in [6.07, 6.45) is 2.29. The maximum absolute atomic E-state index is 12.7. The summed E-state index contributed by atoms with van der Waals surface area (Å²) < 4.78 is 11.4. The minimum Gasteiger partial charge on any atom is -0.487 e. The summed E-state index contributed by atoms with van der Waals surface area (Å²) in [5.41, 5.74) is 1.60. The molecule has 0 saturated carbocycles. The molecule has 1 aromatic carbocycles. The van der Waals surface area contributed by atoms with E-state index in [0.29, 0.717) is 25.3 Å². The molecule has 134 valence electrons. The molecule has 0 N–H and O–H groups in total. The van der Waals surface area contributed by atoms with Crippen molar-refractivity contribution in [1.82, 2.24) is 9.88 Å². The van der Waals surface area contributed by atoms with Crippen LogP contribution in [-0.2, 0) is 11.3 Å². The Kier molecular flexibility index (Phi) is 6.04. The number of thiazole rings is 1. The van der Waals surface area contributed by atoms with Crippen molar-refractivity contribution in [1.29, 1.82) is 0 Å². The van der Waals surface area contributed by atoms with E-state index in [2.05, 4.69) is 4.98 Å². The lowest BCUT2D eigenvalue weighted by molar-refractivity contribution is 0.0539. The molecule has 3 rings (SSSR count). The van der Waals surface area contributed by atoms with Crippen LogP contribution in [0.2, 0.25) is 0 Å². The minimum atomic E-state index is 0.0414. The van der Waals surface area contributed by atoms with Crippen LogP contribution in [-0.4, -0.2) is 41.6 Å². The predicted octanol–water partition coefficient (Wildman–Crippen LogP) is 3.67. The van der Waals surface area contributed by atoms with E-state index in [1.165, 1.54) is 0 Å². The van der Waals surface area contributed by atoms with Gasteiger partial charge in [0.15, 0.2) is 0 Å². The van der Waals surface area contributed by atoms with E-state index in [9.17, 15) is 4.79 Å². The van der Waals surface area contributed by atoms with Crippen LogP contribution in [0.15, 0.2) is 29.6 Å². The Bertz CT molecular complexity index is 693. The normalized spacial score (nSPS) is 16.8. The van der Waals surface area contributed by atoms with E-state index >= 15 is 0 Å². The van der Waals surface area contributed by atoms with Gasteiger partial charge in [0.25, 0.3) is 5.91 Å². The Hall–Kier alpha value is -1.92. The number of aromatic nitrogens is 1. The highest BCUT2D eigenvalue weighted by Crippen LogP contribution is 2.18. The Morgan fingerprint density at radius 2 is 2.20 bits per heavy atom. The van der Waals surface area contributed by atoms with Gasteiger partial charge in [-0.25, -0.2) is 4.98 Å². The largest absolute Gasteiger partial charge is 0.487 e. The fraction of sp³-hybridized carbons (Fsp3) is 0.474. The summed E-state index contributed by atoms with van der Waals surface area (Å²) in [5, 5.41) is 3.03. The van der Waals surface area contributed by atoms with Crippen molar-refractivity contribution < 1.29 is 14.3 Å². The van der Waals surface area contributed by atoms with E-state index in [1.807, 2.05) is 48.4 Å². The molecular weight excluding hydrogens is 336 g/mol. The van der Waals surface area contributed by atoms with Crippen molar-refractivity contribution in [2.45, 2.75) is 39.4 Å². The predicted molar refractivity (Wildman–Crippen MR) is 98.2 cm³/mol. The fourth-order valence-corrected chi connectivity index (χ4v) is 3.50. The van der Waals surface area contributed by atoms with Gasteiger partial charge in [-0.15, -0.1) is 11.3 Å². The summed E-state index contributed by atoms with van der Waals surface area (Å²) >= 11 is 1.61. The lowest BCUT2D eigenvalue weighted by Gasteiger charge is -2.24. The van der Waals surface area contributed by atoms with Gasteiger partial charge in [0.2, 0.25) is 0 Å². The van der Waals surface area contributed by atoms with E-state index in [-0.39, 0.29) is 12.0 Å². The quantitative estimate of drug-likeness (QED) is 0.756. The Morgan fingerprint density at radius 1 is 1.40 bits per heavy atom. The van der Waals surface area contributed by atoms with Gasteiger partial charge in [-0.2, -0.15) is 0 Å². The summed E-state index contributed by atoms with van der Waals surface area (Å²) in [5.74, 6) is 0.782. The van der Waals surface area contributed by atoms with E-state index in [0.717, 1.165) is 35.9 Å².